The molecule has 0 saturated heterocycles. The van der Waals surface area contributed by atoms with Crippen molar-refractivity contribution in [2.45, 2.75) is 19.8 Å². The van der Waals surface area contributed by atoms with E-state index in [0.717, 1.165) is 18.9 Å². The molecule has 0 radical (unpaired) electrons. The molecule has 0 atom stereocenters. The number of nitrogens with one attached hydrogen (secondary N) is 1. The topological polar surface area (TPSA) is 55.1 Å². The lowest BCUT2D eigenvalue weighted by Gasteiger charge is -2.08. The highest BCUT2D eigenvalue weighted by Gasteiger charge is 2.10. The minimum Gasteiger partial charge on any atom is -0.398 e. The number of aryl methyl sites for hydroxylation is 1. The number of nitrogen functional groups attached to an aromatic ring is 1. The molecule has 0 saturated carbocycles. The van der Waals surface area contributed by atoms with Crippen molar-refractivity contribution in [2.75, 3.05) is 11.1 Å². The molecule has 2 aromatic rings. The standard InChI is InChI=1S/C16H17FN2O/c1-2-3-11-4-7-13(8-5-11)19-16(20)14-9-6-12(17)10-15(14)18/h4-10H,2-3,18H2,1H3,(H,19,20). The summed E-state index contributed by atoms with van der Waals surface area (Å²) >= 11 is 0. The fraction of sp³-hybridized carbons (Fsp3) is 0.188. The van der Waals surface area contributed by atoms with Crippen molar-refractivity contribution < 1.29 is 9.18 Å². The number of rotatable bonds is 4. The molecule has 3 nitrogen and oxygen atoms in total. The first-order valence-electron chi connectivity index (χ1n) is 6.55. The van der Waals surface area contributed by atoms with Crippen molar-refractivity contribution in [3.05, 3.63) is 59.4 Å². The Morgan fingerprint density at radius 3 is 2.50 bits per heavy atom. The zero-order valence-electron chi connectivity index (χ0n) is 11.3. The molecule has 0 aliphatic heterocycles. The second kappa shape index (κ2) is 6.19. The number of carbonyl (C=O) groups excluding carboxylic acids is 1. The summed E-state index contributed by atoms with van der Waals surface area (Å²) in [6.07, 6.45) is 2.09. The fourth-order valence-electron chi connectivity index (χ4n) is 1.98. The predicted octanol–water partition coefficient (Wildman–Crippen LogP) is 3.61. The third kappa shape index (κ3) is 3.35. The van der Waals surface area contributed by atoms with E-state index in [1.807, 2.05) is 24.3 Å². The average molecular weight is 272 g/mol. The lowest BCUT2D eigenvalue weighted by Crippen LogP contribution is -2.14. The van der Waals surface area contributed by atoms with Crippen molar-refractivity contribution in [1.82, 2.24) is 0 Å². The first kappa shape index (κ1) is 14.1. The van der Waals surface area contributed by atoms with Crippen LogP contribution in [0.25, 0.3) is 0 Å². The Balaban J connectivity index is 2.11. The molecular weight excluding hydrogens is 255 g/mol. The molecule has 2 rings (SSSR count). The molecule has 4 heteroatoms. The van der Waals surface area contributed by atoms with Crippen LogP contribution in [-0.2, 0) is 6.42 Å². The second-order valence-corrected chi connectivity index (χ2v) is 4.63. The lowest BCUT2D eigenvalue weighted by molar-refractivity contribution is 0.102. The SMILES string of the molecule is CCCc1ccc(NC(=O)c2ccc(F)cc2N)cc1. The first-order chi connectivity index (χ1) is 9.60. The van der Waals surface area contributed by atoms with Gasteiger partial charge in [-0.05, 0) is 42.3 Å². The van der Waals surface area contributed by atoms with Gasteiger partial charge >= 0.3 is 0 Å². The molecule has 0 aliphatic rings. The van der Waals surface area contributed by atoms with Gasteiger partial charge < -0.3 is 11.1 Å². The second-order valence-electron chi connectivity index (χ2n) is 4.63. The summed E-state index contributed by atoms with van der Waals surface area (Å²) < 4.78 is 12.9. The van der Waals surface area contributed by atoms with Gasteiger partial charge in [-0.3, -0.25) is 4.79 Å². The van der Waals surface area contributed by atoms with Crippen molar-refractivity contribution in [2.24, 2.45) is 0 Å². The zero-order chi connectivity index (χ0) is 14.5. The number of hydrogen-bond acceptors (Lipinski definition) is 2. The minimum atomic E-state index is -0.456. The van der Waals surface area contributed by atoms with Crippen molar-refractivity contribution in [3.63, 3.8) is 0 Å². The Bertz CT molecular complexity index is 608. The Labute approximate surface area is 117 Å². The van der Waals surface area contributed by atoms with Gasteiger partial charge in [-0.2, -0.15) is 0 Å². The van der Waals surface area contributed by atoms with Crippen molar-refractivity contribution in [1.29, 1.82) is 0 Å². The molecule has 0 aliphatic carbocycles. The van der Waals surface area contributed by atoms with Crippen LogP contribution in [0.3, 0.4) is 0 Å². The van der Waals surface area contributed by atoms with Crippen LogP contribution in [0.1, 0.15) is 29.3 Å². The van der Waals surface area contributed by atoms with Crippen molar-refractivity contribution in [3.8, 4) is 0 Å². The Hall–Kier alpha value is -2.36. The van der Waals surface area contributed by atoms with E-state index < -0.39 is 5.82 Å². The molecule has 3 N–H and O–H groups in total. The van der Waals surface area contributed by atoms with Crippen LogP contribution in [0, 0.1) is 5.82 Å². The largest absolute Gasteiger partial charge is 0.398 e. The number of carbonyl (C=O) groups is 1. The maximum Gasteiger partial charge on any atom is 0.257 e. The molecule has 2 aromatic carbocycles. The maximum absolute atomic E-state index is 12.9. The Morgan fingerprint density at radius 1 is 1.20 bits per heavy atom. The summed E-state index contributed by atoms with van der Waals surface area (Å²) in [5.74, 6) is -0.797. The van der Waals surface area contributed by atoms with Crippen LogP contribution >= 0.6 is 0 Å². The number of anilines is 2. The molecule has 0 unspecified atom stereocenters. The summed E-state index contributed by atoms with van der Waals surface area (Å²) in [7, 11) is 0. The fourth-order valence-corrected chi connectivity index (χ4v) is 1.98. The maximum atomic E-state index is 12.9. The molecule has 0 aromatic heterocycles. The molecule has 20 heavy (non-hydrogen) atoms. The molecule has 104 valence electrons. The number of amides is 1. The first-order valence-corrected chi connectivity index (χ1v) is 6.55. The van der Waals surface area contributed by atoms with Crippen LogP contribution in [-0.4, -0.2) is 5.91 Å². The van der Waals surface area contributed by atoms with E-state index in [2.05, 4.69) is 12.2 Å². The van der Waals surface area contributed by atoms with Gasteiger partial charge in [0.25, 0.3) is 5.91 Å². The van der Waals surface area contributed by atoms with Gasteiger partial charge in [-0.25, -0.2) is 4.39 Å². The molecular formula is C16H17FN2O. The highest BCUT2D eigenvalue weighted by Crippen LogP contribution is 2.17. The summed E-state index contributed by atoms with van der Waals surface area (Å²) in [4.78, 5) is 12.0. The van der Waals surface area contributed by atoms with E-state index in [-0.39, 0.29) is 17.2 Å². The lowest BCUT2D eigenvalue weighted by atomic mass is 10.1. The van der Waals surface area contributed by atoms with Gasteiger partial charge in [0, 0.05) is 11.4 Å². The molecule has 0 bridgehead atoms. The molecule has 0 fully saturated rings. The number of benzene rings is 2. The van der Waals surface area contributed by atoms with Crippen LogP contribution in [0.15, 0.2) is 42.5 Å². The number of nitrogens with two attached hydrogens (primary N) is 1. The monoisotopic (exact) mass is 272 g/mol. The Kier molecular flexibility index (Phi) is 4.35. The molecule has 0 spiro atoms. The van der Waals surface area contributed by atoms with E-state index in [4.69, 9.17) is 5.73 Å². The van der Waals surface area contributed by atoms with E-state index in [9.17, 15) is 9.18 Å². The van der Waals surface area contributed by atoms with E-state index >= 15 is 0 Å². The summed E-state index contributed by atoms with van der Waals surface area (Å²) in [5, 5.41) is 2.75. The van der Waals surface area contributed by atoms with Gasteiger partial charge in [-0.15, -0.1) is 0 Å². The van der Waals surface area contributed by atoms with Gasteiger partial charge in [0.15, 0.2) is 0 Å². The van der Waals surface area contributed by atoms with Crippen LogP contribution < -0.4 is 11.1 Å². The van der Waals surface area contributed by atoms with Gasteiger partial charge in [-0.1, -0.05) is 25.5 Å². The highest BCUT2D eigenvalue weighted by molar-refractivity contribution is 6.07. The van der Waals surface area contributed by atoms with Crippen LogP contribution in [0.4, 0.5) is 15.8 Å². The van der Waals surface area contributed by atoms with E-state index in [1.54, 1.807) is 0 Å². The highest BCUT2D eigenvalue weighted by atomic mass is 19.1. The van der Waals surface area contributed by atoms with E-state index in [1.165, 1.54) is 17.7 Å². The number of halogens is 1. The number of hydrogen-bond donors (Lipinski definition) is 2. The third-order valence-electron chi connectivity index (χ3n) is 3.01. The van der Waals surface area contributed by atoms with Gasteiger partial charge in [0.1, 0.15) is 5.82 Å². The molecule has 1 amide bonds. The predicted molar refractivity (Wildman–Crippen MR) is 79.2 cm³/mol. The summed E-state index contributed by atoms with van der Waals surface area (Å²) in [6, 6.07) is 11.4. The quantitative estimate of drug-likeness (QED) is 0.835. The van der Waals surface area contributed by atoms with E-state index in [0.29, 0.717) is 5.69 Å². The smallest absolute Gasteiger partial charge is 0.257 e. The van der Waals surface area contributed by atoms with Crippen molar-refractivity contribution >= 4 is 17.3 Å². The van der Waals surface area contributed by atoms with Crippen LogP contribution in [0.5, 0.6) is 0 Å². The molecule has 0 heterocycles. The van der Waals surface area contributed by atoms with Gasteiger partial charge in [0.05, 0.1) is 5.56 Å². The average Bonchev–Trinajstić information content (AvgIpc) is 2.41. The summed E-state index contributed by atoms with van der Waals surface area (Å²) in [6.45, 7) is 2.12. The third-order valence-corrected chi connectivity index (χ3v) is 3.01. The minimum absolute atomic E-state index is 0.130. The normalized spacial score (nSPS) is 10.3. The Morgan fingerprint density at radius 2 is 1.90 bits per heavy atom. The van der Waals surface area contributed by atoms with Gasteiger partial charge in [0.2, 0.25) is 0 Å². The zero-order valence-corrected chi connectivity index (χ0v) is 11.3. The van der Waals surface area contributed by atoms with Crippen LogP contribution in [0.2, 0.25) is 0 Å². The summed E-state index contributed by atoms with van der Waals surface area (Å²) in [5.41, 5.74) is 7.96.